The van der Waals surface area contributed by atoms with Crippen molar-refractivity contribution in [3.05, 3.63) is 62.7 Å². The van der Waals surface area contributed by atoms with Crippen LogP contribution in [0.15, 0.2) is 40.3 Å². The summed E-state index contributed by atoms with van der Waals surface area (Å²) in [5.41, 5.74) is 0.293. The molecule has 7 heteroatoms. The summed E-state index contributed by atoms with van der Waals surface area (Å²) in [5, 5.41) is 2.95. The molecule has 2 aromatic heterocycles. The second-order valence-electron chi connectivity index (χ2n) is 5.75. The molecule has 2 rings (SSSR count). The van der Waals surface area contributed by atoms with Crippen molar-refractivity contribution in [2.75, 3.05) is 0 Å². The molecule has 0 aliphatic carbocycles. The van der Waals surface area contributed by atoms with Crippen LogP contribution in [0.25, 0.3) is 0 Å². The molecule has 0 unspecified atom stereocenters. The number of unbranched alkanes of at least 4 members (excludes halogenated alkanes) is 1. The lowest BCUT2D eigenvalue weighted by atomic mass is 10.0. The molecule has 0 bridgehead atoms. The Morgan fingerprint density at radius 1 is 1.42 bits per heavy atom. The van der Waals surface area contributed by atoms with Crippen LogP contribution in [0.4, 0.5) is 0 Å². The van der Waals surface area contributed by atoms with Gasteiger partial charge >= 0.3 is 5.69 Å². The molecule has 1 atom stereocenters. The van der Waals surface area contributed by atoms with E-state index in [9.17, 15) is 14.4 Å². The first-order valence-corrected chi connectivity index (χ1v) is 8.01. The number of rotatable bonds is 7. The summed E-state index contributed by atoms with van der Waals surface area (Å²) < 4.78 is 1.20. The minimum Gasteiger partial charge on any atom is -0.348 e. The van der Waals surface area contributed by atoms with Crippen LogP contribution in [-0.4, -0.2) is 20.4 Å². The number of pyridine rings is 1. The zero-order chi connectivity index (χ0) is 17.5. The SMILES string of the molecule is CCCC[C@H](NC(=O)Cn1cc(C)c(=O)[nH]c1=O)c1cccnc1. The Bertz CT molecular complexity index is 795. The lowest BCUT2D eigenvalue weighted by Crippen LogP contribution is -2.37. The second-order valence-corrected chi connectivity index (χ2v) is 5.75. The van der Waals surface area contributed by atoms with Gasteiger partial charge in [-0.1, -0.05) is 25.8 Å². The fourth-order valence-corrected chi connectivity index (χ4v) is 2.44. The van der Waals surface area contributed by atoms with Gasteiger partial charge in [0.05, 0.1) is 6.04 Å². The molecule has 2 aromatic rings. The van der Waals surface area contributed by atoms with Gasteiger partial charge in [-0.05, 0) is 25.0 Å². The summed E-state index contributed by atoms with van der Waals surface area (Å²) in [5.74, 6) is -0.284. The minimum absolute atomic E-state index is 0.140. The Kier molecular flexibility index (Phi) is 6.06. The third-order valence-electron chi connectivity index (χ3n) is 3.77. The Balaban J connectivity index is 2.12. The molecule has 7 nitrogen and oxygen atoms in total. The van der Waals surface area contributed by atoms with E-state index in [-0.39, 0.29) is 18.5 Å². The first kappa shape index (κ1) is 17.7. The van der Waals surface area contributed by atoms with Gasteiger partial charge in [-0.25, -0.2) is 4.79 Å². The minimum atomic E-state index is -0.591. The normalized spacial score (nSPS) is 11.9. The van der Waals surface area contributed by atoms with Gasteiger partial charge in [0.15, 0.2) is 0 Å². The molecular formula is C17H22N4O3. The number of aryl methyl sites for hydroxylation is 1. The molecule has 0 aromatic carbocycles. The van der Waals surface area contributed by atoms with E-state index in [2.05, 4.69) is 22.2 Å². The van der Waals surface area contributed by atoms with E-state index in [0.29, 0.717) is 5.56 Å². The van der Waals surface area contributed by atoms with Gasteiger partial charge < -0.3 is 5.32 Å². The Hall–Kier alpha value is -2.70. The molecular weight excluding hydrogens is 308 g/mol. The highest BCUT2D eigenvalue weighted by molar-refractivity contribution is 5.76. The van der Waals surface area contributed by atoms with Crippen molar-refractivity contribution >= 4 is 5.91 Å². The molecule has 0 saturated carbocycles. The molecule has 1 amide bonds. The predicted octanol–water partition coefficient (Wildman–Crippen LogP) is 1.29. The third kappa shape index (κ3) is 4.65. The maximum atomic E-state index is 12.3. The number of aromatic amines is 1. The fraction of sp³-hybridized carbons (Fsp3) is 0.412. The van der Waals surface area contributed by atoms with E-state index in [1.165, 1.54) is 10.8 Å². The summed E-state index contributed by atoms with van der Waals surface area (Å²) >= 11 is 0. The fourth-order valence-electron chi connectivity index (χ4n) is 2.44. The van der Waals surface area contributed by atoms with Crippen molar-refractivity contribution in [2.24, 2.45) is 0 Å². The lowest BCUT2D eigenvalue weighted by molar-refractivity contribution is -0.122. The number of hydrogen-bond acceptors (Lipinski definition) is 4. The third-order valence-corrected chi connectivity index (χ3v) is 3.77. The number of amides is 1. The number of H-pyrrole nitrogens is 1. The average molecular weight is 330 g/mol. The van der Waals surface area contributed by atoms with Gasteiger partial charge in [-0.15, -0.1) is 0 Å². The van der Waals surface area contributed by atoms with Crippen LogP contribution in [0.5, 0.6) is 0 Å². The first-order valence-electron chi connectivity index (χ1n) is 8.01. The summed E-state index contributed by atoms with van der Waals surface area (Å²) in [7, 11) is 0. The number of nitrogens with zero attached hydrogens (tertiary/aromatic N) is 2. The molecule has 2 N–H and O–H groups in total. The second kappa shape index (κ2) is 8.24. The van der Waals surface area contributed by atoms with Crippen LogP contribution in [0.1, 0.15) is 43.4 Å². The van der Waals surface area contributed by atoms with Gasteiger partial charge in [-0.3, -0.25) is 24.1 Å². The molecule has 2 heterocycles. The molecule has 0 spiro atoms. The van der Waals surface area contributed by atoms with E-state index in [1.807, 2.05) is 12.1 Å². The zero-order valence-corrected chi connectivity index (χ0v) is 13.9. The number of hydrogen-bond donors (Lipinski definition) is 2. The first-order chi connectivity index (χ1) is 11.5. The van der Waals surface area contributed by atoms with E-state index in [4.69, 9.17) is 0 Å². The molecule has 0 aliphatic heterocycles. The molecule has 0 aliphatic rings. The van der Waals surface area contributed by atoms with Crippen LogP contribution >= 0.6 is 0 Å². The lowest BCUT2D eigenvalue weighted by Gasteiger charge is -2.19. The largest absolute Gasteiger partial charge is 0.348 e. The zero-order valence-electron chi connectivity index (χ0n) is 13.9. The predicted molar refractivity (Wildman–Crippen MR) is 90.7 cm³/mol. The number of nitrogens with one attached hydrogen (secondary N) is 2. The number of carbonyl (C=O) groups is 1. The maximum Gasteiger partial charge on any atom is 0.328 e. The van der Waals surface area contributed by atoms with Crippen molar-refractivity contribution in [3.8, 4) is 0 Å². The maximum absolute atomic E-state index is 12.3. The van der Waals surface area contributed by atoms with E-state index < -0.39 is 11.2 Å². The summed E-state index contributed by atoms with van der Waals surface area (Å²) in [6.45, 7) is 3.54. The monoisotopic (exact) mass is 330 g/mol. The van der Waals surface area contributed by atoms with Crippen molar-refractivity contribution < 1.29 is 4.79 Å². The van der Waals surface area contributed by atoms with Gasteiger partial charge in [0, 0.05) is 24.2 Å². The molecule has 0 fully saturated rings. The molecule has 0 radical (unpaired) electrons. The van der Waals surface area contributed by atoms with Crippen molar-refractivity contribution in [1.29, 1.82) is 0 Å². The van der Waals surface area contributed by atoms with E-state index >= 15 is 0 Å². The van der Waals surface area contributed by atoms with Gasteiger partial charge in [0.25, 0.3) is 5.56 Å². The Labute approximate surface area is 139 Å². The molecule has 24 heavy (non-hydrogen) atoms. The van der Waals surface area contributed by atoms with Gasteiger partial charge in [-0.2, -0.15) is 0 Å². The highest BCUT2D eigenvalue weighted by Gasteiger charge is 2.15. The van der Waals surface area contributed by atoms with Crippen LogP contribution in [0.2, 0.25) is 0 Å². The van der Waals surface area contributed by atoms with E-state index in [0.717, 1.165) is 24.8 Å². The Morgan fingerprint density at radius 2 is 2.21 bits per heavy atom. The van der Waals surface area contributed by atoms with Crippen LogP contribution in [-0.2, 0) is 11.3 Å². The van der Waals surface area contributed by atoms with Crippen LogP contribution in [0, 0.1) is 6.92 Å². The molecule has 0 saturated heterocycles. The Morgan fingerprint density at radius 3 is 2.88 bits per heavy atom. The summed E-state index contributed by atoms with van der Waals surface area (Å²) in [6, 6.07) is 3.60. The van der Waals surface area contributed by atoms with E-state index in [1.54, 1.807) is 19.3 Å². The van der Waals surface area contributed by atoms with Crippen LogP contribution in [0.3, 0.4) is 0 Å². The number of carbonyl (C=O) groups excluding carboxylic acids is 1. The highest BCUT2D eigenvalue weighted by atomic mass is 16.2. The van der Waals surface area contributed by atoms with Crippen molar-refractivity contribution in [2.45, 2.75) is 45.7 Å². The summed E-state index contributed by atoms with van der Waals surface area (Å²) in [4.78, 5) is 41.8. The van der Waals surface area contributed by atoms with Gasteiger partial charge in [0.2, 0.25) is 5.91 Å². The quantitative estimate of drug-likeness (QED) is 0.799. The molecule has 128 valence electrons. The van der Waals surface area contributed by atoms with Crippen LogP contribution < -0.4 is 16.6 Å². The number of aromatic nitrogens is 3. The standard InChI is InChI=1S/C17H22N4O3/c1-3-4-7-14(13-6-5-8-18-9-13)19-15(22)11-21-10-12(2)16(23)20-17(21)24/h5-6,8-10,14H,3-4,7,11H2,1-2H3,(H,19,22)(H,20,23,24)/t14-/m0/s1. The van der Waals surface area contributed by atoms with Gasteiger partial charge in [0.1, 0.15) is 6.54 Å². The average Bonchev–Trinajstić information content (AvgIpc) is 2.57. The van der Waals surface area contributed by atoms with Crippen molar-refractivity contribution in [3.63, 3.8) is 0 Å². The summed E-state index contributed by atoms with van der Waals surface area (Å²) in [6.07, 6.45) is 7.60. The van der Waals surface area contributed by atoms with Crippen molar-refractivity contribution in [1.82, 2.24) is 19.9 Å². The highest BCUT2D eigenvalue weighted by Crippen LogP contribution is 2.18. The smallest absolute Gasteiger partial charge is 0.328 e. The topological polar surface area (TPSA) is 96.9 Å².